The first-order chi connectivity index (χ1) is 12.0. The van der Waals surface area contributed by atoms with E-state index in [0.29, 0.717) is 18.4 Å². The second-order valence-corrected chi connectivity index (χ2v) is 7.97. The molecule has 0 N–H and O–H groups in total. The lowest BCUT2D eigenvalue weighted by molar-refractivity contribution is -0.137. The predicted octanol–water partition coefficient (Wildman–Crippen LogP) is 4.12. The number of hydrogen-bond acceptors (Lipinski definition) is 4. The SMILES string of the molecule is CC(C)(C)OC(=O)N1C[C@H]2C[C@H]2C[C@H]1COc1cc(C(F)(F)F)ccn1. The van der Waals surface area contributed by atoms with Crippen molar-refractivity contribution in [3.63, 3.8) is 0 Å². The van der Waals surface area contributed by atoms with E-state index >= 15 is 0 Å². The lowest BCUT2D eigenvalue weighted by Crippen LogP contribution is -2.49. The minimum atomic E-state index is -4.45. The number of alkyl halides is 3. The van der Waals surface area contributed by atoms with Crippen molar-refractivity contribution in [3.8, 4) is 5.88 Å². The number of carbonyl (C=O) groups is 1. The number of rotatable bonds is 3. The van der Waals surface area contributed by atoms with Crippen LogP contribution >= 0.6 is 0 Å². The molecule has 1 saturated heterocycles. The molecule has 1 aromatic rings. The lowest BCUT2D eigenvalue weighted by Gasteiger charge is -2.36. The van der Waals surface area contributed by atoms with E-state index in [1.165, 1.54) is 0 Å². The highest BCUT2D eigenvalue weighted by molar-refractivity contribution is 5.69. The van der Waals surface area contributed by atoms with Crippen molar-refractivity contribution in [2.45, 2.75) is 51.4 Å². The van der Waals surface area contributed by atoms with E-state index in [1.807, 2.05) is 0 Å². The highest BCUT2D eigenvalue weighted by atomic mass is 19.4. The van der Waals surface area contributed by atoms with Gasteiger partial charge in [0.25, 0.3) is 0 Å². The number of halogens is 3. The molecular weight excluding hydrogens is 349 g/mol. The van der Waals surface area contributed by atoms with Gasteiger partial charge in [-0.25, -0.2) is 9.78 Å². The molecular formula is C18H23F3N2O3. The summed E-state index contributed by atoms with van der Waals surface area (Å²) in [6.45, 7) is 6.09. The first-order valence-electron chi connectivity index (χ1n) is 8.68. The van der Waals surface area contributed by atoms with Gasteiger partial charge in [0.05, 0.1) is 11.6 Å². The Labute approximate surface area is 150 Å². The van der Waals surface area contributed by atoms with Crippen LogP contribution < -0.4 is 4.74 Å². The predicted molar refractivity (Wildman–Crippen MR) is 87.7 cm³/mol. The Kier molecular flexibility index (Phi) is 4.79. The van der Waals surface area contributed by atoms with Gasteiger partial charge in [0.15, 0.2) is 0 Å². The van der Waals surface area contributed by atoms with Crippen LogP contribution in [0.2, 0.25) is 0 Å². The van der Waals surface area contributed by atoms with Crippen LogP contribution in [0.5, 0.6) is 5.88 Å². The molecule has 0 spiro atoms. The molecule has 1 aromatic heterocycles. The Morgan fingerprint density at radius 3 is 2.65 bits per heavy atom. The fraction of sp³-hybridized carbons (Fsp3) is 0.667. The number of fused-ring (bicyclic) bond motifs is 1. The Bertz CT molecular complexity index is 672. The van der Waals surface area contributed by atoms with E-state index in [0.717, 1.165) is 31.2 Å². The first kappa shape index (κ1) is 18.8. The van der Waals surface area contributed by atoms with Gasteiger partial charge < -0.3 is 14.4 Å². The van der Waals surface area contributed by atoms with Crippen LogP contribution in [-0.2, 0) is 10.9 Å². The van der Waals surface area contributed by atoms with Gasteiger partial charge in [0.2, 0.25) is 5.88 Å². The number of nitrogens with zero attached hydrogens (tertiary/aromatic N) is 2. The number of aromatic nitrogens is 1. The number of likely N-dealkylation sites (tertiary alicyclic amines) is 1. The highest BCUT2D eigenvalue weighted by Gasteiger charge is 2.48. The molecule has 2 fully saturated rings. The van der Waals surface area contributed by atoms with Crippen LogP contribution in [0.15, 0.2) is 18.3 Å². The van der Waals surface area contributed by atoms with Gasteiger partial charge in [-0.2, -0.15) is 13.2 Å². The Morgan fingerprint density at radius 2 is 2.00 bits per heavy atom. The van der Waals surface area contributed by atoms with E-state index in [4.69, 9.17) is 9.47 Å². The number of piperidine rings is 1. The van der Waals surface area contributed by atoms with E-state index in [2.05, 4.69) is 4.98 Å². The van der Waals surface area contributed by atoms with E-state index in [1.54, 1.807) is 25.7 Å². The van der Waals surface area contributed by atoms with Crippen LogP contribution in [0, 0.1) is 11.8 Å². The molecule has 1 saturated carbocycles. The van der Waals surface area contributed by atoms with E-state index in [-0.39, 0.29) is 18.5 Å². The average Bonchev–Trinajstić information content (AvgIpc) is 3.28. The largest absolute Gasteiger partial charge is 0.475 e. The maximum atomic E-state index is 12.8. The summed E-state index contributed by atoms with van der Waals surface area (Å²) >= 11 is 0. The maximum absolute atomic E-state index is 12.8. The van der Waals surface area contributed by atoms with Crippen molar-refractivity contribution in [2.24, 2.45) is 11.8 Å². The molecule has 144 valence electrons. The van der Waals surface area contributed by atoms with Gasteiger partial charge in [-0.1, -0.05) is 0 Å². The van der Waals surface area contributed by atoms with Crippen molar-refractivity contribution in [1.29, 1.82) is 0 Å². The van der Waals surface area contributed by atoms with Crippen LogP contribution in [-0.4, -0.2) is 40.8 Å². The Balaban J connectivity index is 1.66. The normalized spacial score (nSPS) is 25.5. The monoisotopic (exact) mass is 372 g/mol. The average molecular weight is 372 g/mol. The van der Waals surface area contributed by atoms with Crippen molar-refractivity contribution in [3.05, 3.63) is 23.9 Å². The van der Waals surface area contributed by atoms with Gasteiger partial charge in [-0.05, 0) is 51.5 Å². The van der Waals surface area contributed by atoms with Crippen LogP contribution in [0.3, 0.4) is 0 Å². The Hall–Kier alpha value is -1.99. The molecule has 0 aromatic carbocycles. The van der Waals surface area contributed by atoms with Crippen molar-refractivity contribution < 1.29 is 27.4 Å². The fourth-order valence-electron chi connectivity index (χ4n) is 3.25. The number of hydrogen-bond donors (Lipinski definition) is 0. The molecule has 1 aliphatic heterocycles. The third kappa shape index (κ3) is 4.59. The molecule has 26 heavy (non-hydrogen) atoms. The third-order valence-electron chi connectivity index (χ3n) is 4.63. The molecule has 2 aliphatic rings. The summed E-state index contributed by atoms with van der Waals surface area (Å²) in [5.41, 5.74) is -1.41. The van der Waals surface area contributed by atoms with Crippen molar-refractivity contribution >= 4 is 6.09 Å². The summed E-state index contributed by atoms with van der Waals surface area (Å²) in [7, 11) is 0. The van der Waals surface area contributed by atoms with Gasteiger partial charge in [0, 0.05) is 18.8 Å². The van der Waals surface area contributed by atoms with Gasteiger partial charge in [-0.3, -0.25) is 0 Å². The Morgan fingerprint density at radius 1 is 1.27 bits per heavy atom. The number of amides is 1. The second kappa shape index (κ2) is 6.63. The third-order valence-corrected chi connectivity index (χ3v) is 4.63. The molecule has 3 rings (SSSR count). The quantitative estimate of drug-likeness (QED) is 0.801. The second-order valence-electron chi connectivity index (χ2n) is 7.97. The zero-order valence-corrected chi connectivity index (χ0v) is 15.0. The maximum Gasteiger partial charge on any atom is 0.416 e. The van der Waals surface area contributed by atoms with E-state index < -0.39 is 23.4 Å². The lowest BCUT2D eigenvalue weighted by atomic mass is 10.0. The molecule has 1 aliphatic carbocycles. The molecule has 8 heteroatoms. The first-order valence-corrected chi connectivity index (χ1v) is 8.68. The van der Waals surface area contributed by atoms with Crippen LogP contribution in [0.1, 0.15) is 39.2 Å². The summed E-state index contributed by atoms with van der Waals surface area (Å²) in [6, 6.07) is 1.54. The van der Waals surface area contributed by atoms with Crippen molar-refractivity contribution in [1.82, 2.24) is 9.88 Å². The van der Waals surface area contributed by atoms with Gasteiger partial charge >= 0.3 is 12.3 Å². The molecule has 0 unspecified atom stereocenters. The smallest absolute Gasteiger partial charge is 0.416 e. The molecule has 5 nitrogen and oxygen atoms in total. The standard InChI is InChI=1S/C18H23F3N2O3/c1-17(2,3)26-16(24)23-9-12-6-11(12)7-14(23)10-25-15-8-13(4-5-22-15)18(19,20)21/h4-5,8,11-12,14H,6-7,9-10H2,1-3H3/t11-,12+,14-/m0/s1. The van der Waals surface area contributed by atoms with Crippen LogP contribution in [0.4, 0.5) is 18.0 Å². The zero-order chi connectivity index (χ0) is 19.1. The van der Waals surface area contributed by atoms with E-state index in [9.17, 15) is 18.0 Å². The summed E-state index contributed by atoms with van der Waals surface area (Å²) in [5.74, 6) is 0.948. The molecule has 1 amide bonds. The summed E-state index contributed by atoms with van der Waals surface area (Å²) in [6.07, 6.45) is -1.95. The van der Waals surface area contributed by atoms with Gasteiger partial charge in [0.1, 0.15) is 12.2 Å². The fourth-order valence-corrected chi connectivity index (χ4v) is 3.25. The zero-order valence-electron chi connectivity index (χ0n) is 15.0. The minimum absolute atomic E-state index is 0.0940. The molecule has 3 atom stereocenters. The summed E-state index contributed by atoms with van der Waals surface area (Å²) < 4.78 is 49.3. The highest BCUT2D eigenvalue weighted by Crippen LogP contribution is 2.47. The van der Waals surface area contributed by atoms with Gasteiger partial charge in [-0.15, -0.1) is 0 Å². The molecule has 0 bridgehead atoms. The molecule has 0 radical (unpaired) electrons. The molecule has 2 heterocycles. The minimum Gasteiger partial charge on any atom is -0.475 e. The van der Waals surface area contributed by atoms with Crippen LogP contribution in [0.25, 0.3) is 0 Å². The summed E-state index contributed by atoms with van der Waals surface area (Å²) in [5, 5.41) is 0. The number of carbonyl (C=O) groups excluding carboxylic acids is 1. The summed E-state index contributed by atoms with van der Waals surface area (Å²) in [4.78, 5) is 18.0. The number of pyridine rings is 1. The topological polar surface area (TPSA) is 51.7 Å². The number of ether oxygens (including phenoxy) is 2. The van der Waals surface area contributed by atoms with Crippen molar-refractivity contribution in [2.75, 3.05) is 13.2 Å².